The number of likely N-dealkylation sites (N-methyl/N-ethyl adjacent to an activating group) is 1. The first-order valence-electron chi connectivity index (χ1n) is 6.50. The van der Waals surface area contributed by atoms with Crippen LogP contribution in [-0.2, 0) is 6.42 Å². The van der Waals surface area contributed by atoms with Crippen molar-refractivity contribution in [3.63, 3.8) is 0 Å². The fraction of sp³-hybridized carbons (Fsp3) is 0.250. The molecular weight excluding hydrogens is 357 g/mol. The number of rotatable bonds is 5. The van der Waals surface area contributed by atoms with E-state index in [1.807, 2.05) is 25.2 Å². The quantitative estimate of drug-likeness (QED) is 0.817. The van der Waals surface area contributed by atoms with Gasteiger partial charge >= 0.3 is 0 Å². The van der Waals surface area contributed by atoms with Gasteiger partial charge in [-0.3, -0.25) is 0 Å². The lowest BCUT2D eigenvalue weighted by Gasteiger charge is -2.20. The Bertz CT molecular complexity index is 636. The summed E-state index contributed by atoms with van der Waals surface area (Å²) in [5.41, 5.74) is 1.88. The van der Waals surface area contributed by atoms with E-state index < -0.39 is 0 Å². The Hall–Kier alpha value is -1.10. The van der Waals surface area contributed by atoms with Crippen LogP contribution in [0.5, 0.6) is 5.75 Å². The van der Waals surface area contributed by atoms with E-state index >= 15 is 0 Å². The molecule has 0 spiro atoms. The third-order valence-corrected chi connectivity index (χ3v) is 4.50. The smallest absolute Gasteiger partial charge is 0.137 e. The van der Waals surface area contributed by atoms with Crippen molar-refractivity contribution in [3.05, 3.63) is 62.8 Å². The summed E-state index contributed by atoms with van der Waals surface area (Å²) in [5.74, 6) is 0.458. The van der Waals surface area contributed by atoms with Crippen molar-refractivity contribution < 1.29 is 9.13 Å². The first-order chi connectivity index (χ1) is 10.1. The largest absolute Gasteiger partial charge is 0.496 e. The number of ether oxygens (including phenoxy) is 1. The highest BCUT2D eigenvalue weighted by atomic mass is 79.9. The monoisotopic (exact) mass is 371 g/mol. The molecule has 0 fully saturated rings. The topological polar surface area (TPSA) is 21.3 Å². The predicted molar refractivity (Wildman–Crippen MR) is 87.6 cm³/mol. The SMILES string of the molecule is CNC(Cc1cccc(F)c1Br)c1ccc(Cl)cc1OC. The number of hydrogen-bond acceptors (Lipinski definition) is 2. The average molecular weight is 373 g/mol. The fourth-order valence-electron chi connectivity index (χ4n) is 2.27. The highest BCUT2D eigenvalue weighted by Gasteiger charge is 2.17. The molecule has 0 aliphatic carbocycles. The maximum atomic E-state index is 13.6. The molecule has 112 valence electrons. The van der Waals surface area contributed by atoms with Gasteiger partial charge in [0.05, 0.1) is 11.6 Å². The third-order valence-electron chi connectivity index (χ3n) is 3.38. The van der Waals surface area contributed by atoms with Crippen molar-refractivity contribution in [2.24, 2.45) is 0 Å². The van der Waals surface area contributed by atoms with Gasteiger partial charge in [0, 0.05) is 16.6 Å². The molecule has 0 amide bonds. The van der Waals surface area contributed by atoms with Gasteiger partial charge in [0.15, 0.2) is 0 Å². The Morgan fingerprint density at radius 1 is 1.33 bits per heavy atom. The van der Waals surface area contributed by atoms with E-state index in [9.17, 15) is 4.39 Å². The molecule has 0 bridgehead atoms. The highest BCUT2D eigenvalue weighted by Crippen LogP contribution is 2.32. The van der Waals surface area contributed by atoms with E-state index in [0.717, 1.165) is 16.9 Å². The Morgan fingerprint density at radius 3 is 2.76 bits per heavy atom. The van der Waals surface area contributed by atoms with Crippen LogP contribution in [0.2, 0.25) is 5.02 Å². The zero-order chi connectivity index (χ0) is 15.4. The maximum Gasteiger partial charge on any atom is 0.137 e. The number of hydrogen-bond donors (Lipinski definition) is 1. The van der Waals surface area contributed by atoms with E-state index in [-0.39, 0.29) is 11.9 Å². The molecule has 2 nitrogen and oxygen atoms in total. The summed E-state index contributed by atoms with van der Waals surface area (Å²) in [7, 11) is 3.48. The summed E-state index contributed by atoms with van der Waals surface area (Å²) in [5, 5.41) is 3.86. The van der Waals surface area contributed by atoms with E-state index in [4.69, 9.17) is 16.3 Å². The van der Waals surface area contributed by atoms with E-state index in [2.05, 4.69) is 21.2 Å². The molecule has 0 aliphatic rings. The van der Waals surface area contributed by atoms with Gasteiger partial charge in [-0.25, -0.2) is 4.39 Å². The second-order valence-electron chi connectivity index (χ2n) is 4.64. The lowest BCUT2D eigenvalue weighted by molar-refractivity contribution is 0.401. The molecule has 1 N–H and O–H groups in total. The van der Waals surface area contributed by atoms with Crippen LogP contribution in [0.4, 0.5) is 4.39 Å². The van der Waals surface area contributed by atoms with Crippen molar-refractivity contribution in [1.82, 2.24) is 5.32 Å². The van der Waals surface area contributed by atoms with Crippen LogP contribution < -0.4 is 10.1 Å². The van der Waals surface area contributed by atoms with Crippen molar-refractivity contribution >= 4 is 27.5 Å². The van der Waals surface area contributed by atoms with Gasteiger partial charge in [0.2, 0.25) is 0 Å². The Kier molecular flexibility index (Phi) is 5.62. The number of methoxy groups -OCH3 is 1. The van der Waals surface area contributed by atoms with Crippen LogP contribution in [0.25, 0.3) is 0 Å². The minimum absolute atomic E-state index is 0.00434. The standard InChI is InChI=1S/C16H16BrClFNO/c1-20-14(8-10-4-3-5-13(19)16(10)17)12-7-6-11(18)9-15(12)21-2/h3-7,9,14,20H,8H2,1-2H3. The Morgan fingerprint density at radius 2 is 2.10 bits per heavy atom. The highest BCUT2D eigenvalue weighted by molar-refractivity contribution is 9.10. The molecule has 0 radical (unpaired) electrons. The molecule has 0 heterocycles. The van der Waals surface area contributed by atoms with Gasteiger partial charge in [0.1, 0.15) is 11.6 Å². The van der Waals surface area contributed by atoms with Crippen LogP contribution in [0.3, 0.4) is 0 Å². The van der Waals surface area contributed by atoms with Gasteiger partial charge < -0.3 is 10.1 Å². The van der Waals surface area contributed by atoms with Crippen LogP contribution in [0.1, 0.15) is 17.2 Å². The molecule has 2 rings (SSSR count). The van der Waals surface area contributed by atoms with E-state index in [1.54, 1.807) is 19.2 Å². The van der Waals surface area contributed by atoms with Crippen LogP contribution in [-0.4, -0.2) is 14.2 Å². The molecule has 0 aromatic heterocycles. The number of benzene rings is 2. The molecule has 1 atom stereocenters. The second kappa shape index (κ2) is 7.25. The van der Waals surface area contributed by atoms with Crippen LogP contribution >= 0.6 is 27.5 Å². The molecule has 0 saturated heterocycles. The molecule has 5 heteroatoms. The van der Waals surface area contributed by atoms with Crippen molar-refractivity contribution in [2.75, 3.05) is 14.2 Å². The summed E-state index contributed by atoms with van der Waals surface area (Å²) in [6.45, 7) is 0. The average Bonchev–Trinajstić information content (AvgIpc) is 2.49. The number of halogens is 3. The molecule has 0 saturated carbocycles. The van der Waals surface area contributed by atoms with Gasteiger partial charge in [-0.2, -0.15) is 0 Å². The lowest BCUT2D eigenvalue weighted by atomic mass is 9.98. The van der Waals surface area contributed by atoms with Gasteiger partial charge in [-0.05, 0) is 53.2 Å². The second-order valence-corrected chi connectivity index (χ2v) is 5.87. The van der Waals surface area contributed by atoms with Crippen LogP contribution in [0.15, 0.2) is 40.9 Å². The molecule has 0 aliphatic heterocycles. The zero-order valence-corrected chi connectivity index (χ0v) is 14.1. The molecule has 2 aromatic carbocycles. The first-order valence-corrected chi connectivity index (χ1v) is 7.67. The number of nitrogens with one attached hydrogen (secondary N) is 1. The summed E-state index contributed by atoms with van der Waals surface area (Å²) < 4.78 is 19.5. The van der Waals surface area contributed by atoms with E-state index in [0.29, 0.717) is 15.9 Å². The third kappa shape index (κ3) is 3.76. The molecular formula is C16H16BrClFNO. The van der Waals surface area contributed by atoms with Crippen molar-refractivity contribution in [3.8, 4) is 5.75 Å². The van der Waals surface area contributed by atoms with Gasteiger partial charge in [-0.1, -0.05) is 29.8 Å². The van der Waals surface area contributed by atoms with Gasteiger partial charge in [-0.15, -0.1) is 0 Å². The molecule has 2 aromatic rings. The summed E-state index contributed by atoms with van der Waals surface area (Å²) >= 11 is 9.29. The lowest BCUT2D eigenvalue weighted by Crippen LogP contribution is -2.20. The maximum absolute atomic E-state index is 13.6. The van der Waals surface area contributed by atoms with Crippen molar-refractivity contribution in [1.29, 1.82) is 0 Å². The Labute approximate surface area is 137 Å². The minimum atomic E-state index is -0.259. The van der Waals surface area contributed by atoms with Crippen molar-refractivity contribution in [2.45, 2.75) is 12.5 Å². The summed E-state index contributed by atoms with van der Waals surface area (Å²) in [6.07, 6.45) is 0.632. The first kappa shape index (κ1) is 16.3. The van der Waals surface area contributed by atoms with Crippen LogP contribution in [0, 0.1) is 5.82 Å². The Balaban J connectivity index is 2.34. The normalized spacial score (nSPS) is 12.2. The zero-order valence-electron chi connectivity index (χ0n) is 11.8. The summed E-state index contributed by atoms with van der Waals surface area (Å²) in [6, 6.07) is 10.6. The molecule has 21 heavy (non-hydrogen) atoms. The predicted octanol–water partition coefficient (Wildman–Crippen LogP) is 4.75. The van der Waals surface area contributed by atoms with E-state index in [1.165, 1.54) is 6.07 Å². The molecule has 1 unspecified atom stereocenters. The minimum Gasteiger partial charge on any atom is -0.496 e. The summed E-state index contributed by atoms with van der Waals surface area (Å²) in [4.78, 5) is 0. The fourth-order valence-corrected chi connectivity index (χ4v) is 2.85. The van der Waals surface area contributed by atoms with Gasteiger partial charge in [0.25, 0.3) is 0 Å².